The van der Waals surface area contributed by atoms with Gasteiger partial charge >= 0.3 is 0 Å². The quantitative estimate of drug-likeness (QED) is 0.466. The van der Waals surface area contributed by atoms with E-state index in [1.165, 1.54) is 11.8 Å². The van der Waals surface area contributed by atoms with Crippen LogP contribution in [0.1, 0.15) is 30.4 Å². The summed E-state index contributed by atoms with van der Waals surface area (Å²) < 4.78 is 0. The summed E-state index contributed by atoms with van der Waals surface area (Å²) in [5, 5.41) is 14.5. The fraction of sp³-hybridized carbons (Fsp3) is 0.300. The maximum absolute atomic E-state index is 12.4. The second-order valence-corrected chi connectivity index (χ2v) is 7.50. The first kappa shape index (κ1) is 17.5. The lowest BCUT2D eigenvalue weighted by Gasteiger charge is -2.08. The molecular formula is C20H22N2O2S. The Balaban J connectivity index is 1.59. The van der Waals surface area contributed by atoms with Crippen molar-refractivity contribution >= 4 is 28.3 Å². The van der Waals surface area contributed by atoms with Gasteiger partial charge < -0.3 is 5.11 Å². The topological polar surface area (TPSA) is 61.7 Å². The molecule has 5 heteroatoms. The van der Waals surface area contributed by atoms with Crippen molar-refractivity contribution in [1.82, 2.24) is 0 Å². The molecule has 1 saturated carbocycles. The van der Waals surface area contributed by atoms with E-state index >= 15 is 0 Å². The zero-order valence-electron chi connectivity index (χ0n) is 14.5. The molecule has 0 spiro atoms. The van der Waals surface area contributed by atoms with Crippen LogP contribution in [0, 0.1) is 19.8 Å². The summed E-state index contributed by atoms with van der Waals surface area (Å²) in [4.78, 5) is 13.4. The second-order valence-electron chi connectivity index (χ2n) is 6.42. The molecule has 25 heavy (non-hydrogen) atoms. The molecule has 0 saturated heterocycles. The maximum atomic E-state index is 12.4. The molecule has 0 amide bonds. The molecule has 2 aromatic rings. The van der Waals surface area contributed by atoms with Gasteiger partial charge in [0.25, 0.3) is 0 Å². The molecule has 1 aliphatic rings. The number of nitrogens with zero attached hydrogens (tertiary/aromatic N) is 1. The van der Waals surface area contributed by atoms with Crippen molar-refractivity contribution in [2.24, 2.45) is 11.0 Å². The highest BCUT2D eigenvalue weighted by Crippen LogP contribution is 2.32. The van der Waals surface area contributed by atoms with Crippen LogP contribution in [-0.2, 0) is 4.79 Å². The Bertz CT molecular complexity index is 780. The first-order valence-electron chi connectivity index (χ1n) is 8.41. The molecule has 0 radical (unpaired) electrons. The van der Waals surface area contributed by atoms with E-state index in [2.05, 4.69) is 10.5 Å². The Hall–Kier alpha value is -2.27. The number of phenolic OH excluding ortho intramolecular Hbond substituents is 1. The van der Waals surface area contributed by atoms with Gasteiger partial charge in [-0.3, -0.25) is 10.2 Å². The number of anilines is 1. The van der Waals surface area contributed by atoms with Crippen molar-refractivity contribution in [1.29, 1.82) is 0 Å². The SMILES string of the molecule is Cc1cc(N/N=C2/CCC(C(=O)Sc3ccccc3)C2)cc(C)c1O. The smallest absolute Gasteiger partial charge is 0.197 e. The van der Waals surface area contributed by atoms with E-state index in [1.54, 1.807) is 0 Å². The van der Waals surface area contributed by atoms with Gasteiger partial charge in [0.05, 0.1) is 5.69 Å². The minimum atomic E-state index is 0.0362. The van der Waals surface area contributed by atoms with Crippen LogP contribution in [0.4, 0.5) is 5.69 Å². The van der Waals surface area contributed by atoms with Gasteiger partial charge in [-0.25, -0.2) is 0 Å². The normalized spacial score (nSPS) is 18.5. The molecule has 3 rings (SSSR count). The number of thioether (sulfide) groups is 1. The van der Waals surface area contributed by atoms with Gasteiger partial charge in [-0.2, -0.15) is 5.10 Å². The molecule has 130 valence electrons. The average Bonchev–Trinajstić information content (AvgIpc) is 3.08. The zero-order valence-corrected chi connectivity index (χ0v) is 15.3. The van der Waals surface area contributed by atoms with E-state index in [1.807, 2.05) is 56.3 Å². The third-order valence-electron chi connectivity index (χ3n) is 4.39. The lowest BCUT2D eigenvalue weighted by atomic mass is 10.1. The number of hydrogen-bond acceptors (Lipinski definition) is 5. The van der Waals surface area contributed by atoms with E-state index in [0.717, 1.165) is 40.3 Å². The van der Waals surface area contributed by atoms with Gasteiger partial charge in [0.1, 0.15) is 5.75 Å². The van der Waals surface area contributed by atoms with Crippen LogP contribution in [0.3, 0.4) is 0 Å². The minimum Gasteiger partial charge on any atom is -0.507 e. The molecule has 0 bridgehead atoms. The van der Waals surface area contributed by atoms with Crippen molar-refractivity contribution in [3.8, 4) is 5.75 Å². The molecule has 1 atom stereocenters. The molecule has 2 aromatic carbocycles. The van der Waals surface area contributed by atoms with Crippen LogP contribution >= 0.6 is 11.8 Å². The largest absolute Gasteiger partial charge is 0.507 e. The number of nitrogens with one attached hydrogen (secondary N) is 1. The van der Waals surface area contributed by atoms with Gasteiger partial charge in [0.2, 0.25) is 0 Å². The Labute approximate surface area is 152 Å². The molecule has 1 fully saturated rings. The van der Waals surface area contributed by atoms with Crippen LogP contribution in [0.15, 0.2) is 52.5 Å². The number of aromatic hydroxyl groups is 1. The summed E-state index contributed by atoms with van der Waals surface area (Å²) in [6, 6.07) is 13.5. The Morgan fingerprint density at radius 2 is 1.88 bits per heavy atom. The van der Waals surface area contributed by atoms with Crippen molar-refractivity contribution < 1.29 is 9.90 Å². The first-order valence-corrected chi connectivity index (χ1v) is 9.23. The van der Waals surface area contributed by atoms with E-state index in [4.69, 9.17) is 0 Å². The summed E-state index contributed by atoms with van der Waals surface area (Å²) in [7, 11) is 0. The fourth-order valence-corrected chi connectivity index (χ4v) is 3.88. The van der Waals surface area contributed by atoms with Crippen molar-refractivity contribution in [3.63, 3.8) is 0 Å². The molecule has 4 nitrogen and oxygen atoms in total. The van der Waals surface area contributed by atoms with Crippen LogP contribution < -0.4 is 5.43 Å². The van der Waals surface area contributed by atoms with Gasteiger partial charge in [-0.05, 0) is 68.5 Å². The van der Waals surface area contributed by atoms with Crippen LogP contribution in [-0.4, -0.2) is 15.9 Å². The molecule has 1 aliphatic carbocycles. The van der Waals surface area contributed by atoms with Gasteiger partial charge in [0.15, 0.2) is 5.12 Å². The lowest BCUT2D eigenvalue weighted by Crippen LogP contribution is -2.07. The lowest BCUT2D eigenvalue weighted by molar-refractivity contribution is -0.114. The van der Waals surface area contributed by atoms with E-state index in [0.29, 0.717) is 12.2 Å². The highest BCUT2D eigenvalue weighted by Gasteiger charge is 2.27. The summed E-state index contributed by atoms with van der Waals surface area (Å²) in [6.45, 7) is 3.73. The van der Waals surface area contributed by atoms with Gasteiger partial charge in [-0.1, -0.05) is 30.0 Å². The monoisotopic (exact) mass is 354 g/mol. The molecule has 0 aromatic heterocycles. The second kappa shape index (κ2) is 7.74. The highest BCUT2D eigenvalue weighted by molar-refractivity contribution is 8.13. The summed E-state index contributed by atoms with van der Waals surface area (Å²) >= 11 is 1.32. The molecule has 1 unspecified atom stereocenters. The minimum absolute atomic E-state index is 0.0362. The number of aryl methyl sites for hydroxylation is 2. The van der Waals surface area contributed by atoms with E-state index in [-0.39, 0.29) is 11.0 Å². The third-order valence-corrected chi connectivity index (χ3v) is 5.43. The first-order chi connectivity index (χ1) is 12.0. The number of rotatable bonds is 4. The van der Waals surface area contributed by atoms with Crippen molar-refractivity contribution in [2.75, 3.05) is 5.43 Å². The number of hydrazone groups is 1. The Kier molecular flexibility index (Phi) is 5.43. The number of carbonyl (C=O) groups is 1. The Morgan fingerprint density at radius 1 is 1.20 bits per heavy atom. The molecule has 0 aliphatic heterocycles. The number of benzene rings is 2. The Morgan fingerprint density at radius 3 is 2.56 bits per heavy atom. The van der Waals surface area contributed by atoms with E-state index in [9.17, 15) is 9.90 Å². The number of hydrogen-bond donors (Lipinski definition) is 2. The molecular weight excluding hydrogens is 332 g/mol. The standard InChI is InChI=1S/C20H22N2O2S/c1-13-10-17(11-14(2)19(13)23)22-21-16-9-8-15(12-16)20(24)25-18-6-4-3-5-7-18/h3-7,10-11,15,22-23H,8-9,12H2,1-2H3/b21-16-. The van der Waals surface area contributed by atoms with Crippen molar-refractivity contribution in [3.05, 3.63) is 53.6 Å². The van der Waals surface area contributed by atoms with Crippen LogP contribution in [0.25, 0.3) is 0 Å². The number of phenols is 1. The summed E-state index contributed by atoms with van der Waals surface area (Å²) in [5.41, 5.74) is 6.58. The molecule has 2 N–H and O–H groups in total. The van der Waals surface area contributed by atoms with Gasteiger partial charge in [-0.15, -0.1) is 0 Å². The maximum Gasteiger partial charge on any atom is 0.197 e. The predicted octanol–water partition coefficient (Wildman–Crippen LogP) is 4.90. The predicted molar refractivity (Wildman–Crippen MR) is 103 cm³/mol. The average molecular weight is 354 g/mol. The summed E-state index contributed by atoms with van der Waals surface area (Å²) in [6.07, 6.45) is 2.41. The van der Waals surface area contributed by atoms with E-state index < -0.39 is 0 Å². The van der Waals surface area contributed by atoms with Crippen LogP contribution in [0.2, 0.25) is 0 Å². The zero-order chi connectivity index (χ0) is 17.8. The highest BCUT2D eigenvalue weighted by atomic mass is 32.2. The fourth-order valence-electron chi connectivity index (χ4n) is 2.98. The van der Waals surface area contributed by atoms with Gasteiger partial charge in [0, 0.05) is 16.5 Å². The van der Waals surface area contributed by atoms with Crippen LogP contribution in [0.5, 0.6) is 5.75 Å². The summed E-state index contributed by atoms with van der Waals surface area (Å²) in [5.74, 6) is 0.358. The molecule has 0 heterocycles. The number of carbonyl (C=O) groups excluding carboxylic acids is 1. The third kappa shape index (κ3) is 4.42. The van der Waals surface area contributed by atoms with Crippen molar-refractivity contribution in [2.45, 2.75) is 38.0 Å².